The maximum Gasteiger partial charge on any atom is 0.191 e. The number of aryl methyl sites for hydroxylation is 2. The van der Waals surface area contributed by atoms with Crippen LogP contribution in [0, 0.1) is 0 Å². The maximum absolute atomic E-state index is 12.3. The molecule has 0 unspecified atom stereocenters. The van der Waals surface area contributed by atoms with Gasteiger partial charge >= 0.3 is 0 Å². The van der Waals surface area contributed by atoms with Crippen molar-refractivity contribution in [2.75, 3.05) is 7.11 Å². The molecular weight excluding hydrogens is 344 g/mol. The summed E-state index contributed by atoms with van der Waals surface area (Å²) in [5, 5.41) is 49.3. The molecule has 140 valence electrons. The normalized spacial score (nSPS) is 25.0. The number of rotatable bonds is 4. The van der Waals surface area contributed by atoms with Gasteiger partial charge < -0.3 is 34.7 Å². The van der Waals surface area contributed by atoms with Crippen LogP contribution in [0.15, 0.2) is 33.5 Å². The Labute approximate surface area is 148 Å². The van der Waals surface area contributed by atoms with Crippen molar-refractivity contribution in [1.82, 2.24) is 0 Å². The first-order chi connectivity index (χ1) is 12.3. The number of hydrogen-bond acceptors (Lipinski definition) is 8. The van der Waals surface area contributed by atoms with Gasteiger partial charge in [-0.15, -0.1) is 0 Å². The van der Waals surface area contributed by atoms with Crippen molar-refractivity contribution < 1.29 is 34.7 Å². The largest absolute Gasteiger partial charge is 0.504 e. The summed E-state index contributed by atoms with van der Waals surface area (Å²) in [6.45, 7) is 0. The molecule has 1 aliphatic rings. The monoisotopic (exact) mass is 364 g/mol. The predicted octanol–water partition coefficient (Wildman–Crippen LogP) is -0.0586. The van der Waals surface area contributed by atoms with Crippen molar-refractivity contribution in [1.29, 1.82) is 0 Å². The Balaban J connectivity index is 1.86. The molecule has 1 aliphatic carbocycles. The molecule has 0 aliphatic heterocycles. The highest BCUT2D eigenvalue weighted by molar-refractivity contribution is 5.41. The minimum absolute atomic E-state index is 0.00690. The van der Waals surface area contributed by atoms with Crippen molar-refractivity contribution in [3.63, 3.8) is 0 Å². The molecule has 1 heterocycles. The minimum Gasteiger partial charge on any atom is -0.504 e. The highest BCUT2D eigenvalue weighted by Gasteiger charge is 2.43. The van der Waals surface area contributed by atoms with E-state index in [4.69, 9.17) is 9.15 Å². The van der Waals surface area contributed by atoms with E-state index in [0.29, 0.717) is 12.2 Å². The van der Waals surface area contributed by atoms with Crippen LogP contribution in [0.1, 0.15) is 34.9 Å². The van der Waals surface area contributed by atoms with Gasteiger partial charge in [-0.05, 0) is 24.1 Å². The molecule has 1 aromatic heterocycles. The molecule has 5 N–H and O–H groups in total. The standard InChI is InChI=1S/C18H20O8/c1-25-12-5-3-8(6-10(12)19)2-4-9-7-11(20)13-14(21)15(22)16(23)17(24)18(13)26-9/h3,5-7,14-17,19,21-24H,2,4H2,1H3/t14-,15+,16+,17-/m0/s1. The number of phenolic OH excluding ortho intramolecular Hbond substituents is 1. The molecule has 0 bridgehead atoms. The Morgan fingerprint density at radius 2 is 1.73 bits per heavy atom. The zero-order valence-corrected chi connectivity index (χ0v) is 14.0. The third kappa shape index (κ3) is 3.19. The molecule has 0 radical (unpaired) electrons. The molecule has 8 nitrogen and oxygen atoms in total. The molecule has 8 heteroatoms. The van der Waals surface area contributed by atoms with Crippen LogP contribution in [-0.4, -0.2) is 44.9 Å². The van der Waals surface area contributed by atoms with Crippen LogP contribution in [0.3, 0.4) is 0 Å². The summed E-state index contributed by atoms with van der Waals surface area (Å²) in [6, 6.07) is 6.09. The number of phenols is 1. The first-order valence-electron chi connectivity index (χ1n) is 8.08. The molecule has 0 saturated heterocycles. The third-order valence-electron chi connectivity index (χ3n) is 4.53. The summed E-state index contributed by atoms with van der Waals surface area (Å²) in [5.74, 6) is 0.348. The van der Waals surface area contributed by atoms with Crippen LogP contribution in [0.4, 0.5) is 0 Å². The van der Waals surface area contributed by atoms with E-state index in [1.165, 1.54) is 19.2 Å². The lowest BCUT2D eigenvalue weighted by atomic mass is 9.87. The number of aliphatic hydroxyl groups is 4. The number of aliphatic hydroxyl groups excluding tert-OH is 4. The molecule has 3 rings (SSSR count). The minimum atomic E-state index is -1.67. The number of fused-ring (bicyclic) bond motifs is 1. The van der Waals surface area contributed by atoms with Crippen LogP contribution in [0.2, 0.25) is 0 Å². The highest BCUT2D eigenvalue weighted by Crippen LogP contribution is 2.35. The van der Waals surface area contributed by atoms with Gasteiger partial charge in [0, 0.05) is 12.5 Å². The van der Waals surface area contributed by atoms with Crippen LogP contribution < -0.4 is 10.2 Å². The van der Waals surface area contributed by atoms with Gasteiger partial charge in [0.1, 0.15) is 35.9 Å². The Kier molecular flexibility index (Phi) is 5.01. The first kappa shape index (κ1) is 18.4. The van der Waals surface area contributed by atoms with E-state index in [1.807, 2.05) is 0 Å². The van der Waals surface area contributed by atoms with E-state index in [9.17, 15) is 30.3 Å². The summed E-state index contributed by atoms with van der Waals surface area (Å²) < 4.78 is 10.5. The van der Waals surface area contributed by atoms with Crippen molar-refractivity contribution in [3.8, 4) is 11.5 Å². The molecule has 4 atom stereocenters. The zero-order valence-electron chi connectivity index (χ0n) is 14.0. The van der Waals surface area contributed by atoms with Gasteiger partial charge in [-0.1, -0.05) is 6.07 Å². The summed E-state index contributed by atoms with van der Waals surface area (Å²) in [6.07, 6.45) is -5.85. The Bertz CT molecular complexity index is 859. The van der Waals surface area contributed by atoms with E-state index >= 15 is 0 Å². The summed E-state index contributed by atoms with van der Waals surface area (Å²) in [4.78, 5) is 12.3. The van der Waals surface area contributed by atoms with Gasteiger partial charge in [0.25, 0.3) is 0 Å². The van der Waals surface area contributed by atoms with Gasteiger partial charge in [-0.2, -0.15) is 0 Å². The average molecular weight is 364 g/mol. The number of benzene rings is 1. The average Bonchev–Trinajstić information content (AvgIpc) is 2.62. The molecule has 0 spiro atoms. The fraction of sp³-hybridized carbons (Fsp3) is 0.389. The lowest BCUT2D eigenvalue weighted by molar-refractivity contribution is -0.128. The summed E-state index contributed by atoms with van der Waals surface area (Å²) in [7, 11) is 1.45. The van der Waals surface area contributed by atoms with Crippen molar-refractivity contribution in [3.05, 3.63) is 57.1 Å². The van der Waals surface area contributed by atoms with Gasteiger partial charge in [-0.3, -0.25) is 4.79 Å². The van der Waals surface area contributed by atoms with Crippen LogP contribution in [-0.2, 0) is 12.8 Å². The van der Waals surface area contributed by atoms with Crippen molar-refractivity contribution >= 4 is 0 Å². The molecule has 0 saturated carbocycles. The summed E-state index contributed by atoms with van der Waals surface area (Å²) >= 11 is 0. The number of aromatic hydroxyl groups is 1. The Morgan fingerprint density at radius 3 is 2.38 bits per heavy atom. The molecule has 2 aromatic rings. The number of hydrogen-bond donors (Lipinski definition) is 5. The van der Waals surface area contributed by atoms with E-state index in [2.05, 4.69) is 0 Å². The quantitative estimate of drug-likeness (QED) is 0.508. The smallest absolute Gasteiger partial charge is 0.191 e. The van der Waals surface area contributed by atoms with Gasteiger partial charge in [-0.25, -0.2) is 0 Å². The second-order valence-corrected chi connectivity index (χ2v) is 6.23. The third-order valence-corrected chi connectivity index (χ3v) is 4.53. The lowest BCUT2D eigenvalue weighted by Gasteiger charge is -2.32. The second kappa shape index (κ2) is 7.08. The SMILES string of the molecule is COc1ccc(CCc2cc(=O)c3c(o2)[C@@H](O)[C@H](O)[C@H](O)[C@H]3O)cc1O. The molecular formula is C18H20O8. The van der Waals surface area contributed by atoms with Crippen LogP contribution >= 0.6 is 0 Å². The molecule has 0 amide bonds. The number of methoxy groups -OCH3 is 1. The van der Waals surface area contributed by atoms with Crippen molar-refractivity contribution in [2.45, 2.75) is 37.3 Å². The van der Waals surface area contributed by atoms with Gasteiger partial charge in [0.05, 0.1) is 12.7 Å². The Morgan fingerprint density at radius 1 is 1.04 bits per heavy atom. The van der Waals surface area contributed by atoms with E-state index in [0.717, 1.165) is 5.56 Å². The van der Waals surface area contributed by atoms with E-state index in [-0.39, 0.29) is 29.3 Å². The summed E-state index contributed by atoms with van der Waals surface area (Å²) in [5.41, 5.74) is -0.0582. The highest BCUT2D eigenvalue weighted by atomic mass is 16.5. The maximum atomic E-state index is 12.3. The zero-order chi connectivity index (χ0) is 19.0. The van der Waals surface area contributed by atoms with E-state index in [1.54, 1.807) is 12.1 Å². The fourth-order valence-corrected chi connectivity index (χ4v) is 3.06. The fourth-order valence-electron chi connectivity index (χ4n) is 3.06. The topological polar surface area (TPSA) is 141 Å². The predicted molar refractivity (Wildman–Crippen MR) is 89.0 cm³/mol. The second-order valence-electron chi connectivity index (χ2n) is 6.23. The first-order valence-corrected chi connectivity index (χ1v) is 8.08. The molecule has 26 heavy (non-hydrogen) atoms. The molecule has 1 aromatic carbocycles. The lowest BCUT2D eigenvalue weighted by Crippen LogP contribution is -2.44. The van der Waals surface area contributed by atoms with Crippen LogP contribution in [0.25, 0.3) is 0 Å². The van der Waals surface area contributed by atoms with E-state index < -0.39 is 29.8 Å². The Hall–Kier alpha value is -2.39. The van der Waals surface area contributed by atoms with Gasteiger partial charge in [0.2, 0.25) is 0 Å². The van der Waals surface area contributed by atoms with Gasteiger partial charge in [0.15, 0.2) is 16.9 Å². The van der Waals surface area contributed by atoms with Crippen LogP contribution in [0.5, 0.6) is 11.5 Å². The van der Waals surface area contributed by atoms with Crippen molar-refractivity contribution in [2.24, 2.45) is 0 Å². The number of ether oxygens (including phenoxy) is 1. The molecule has 0 fully saturated rings.